The number of halogens is 2. The number of thiazole rings is 1. The first-order chi connectivity index (χ1) is 11.0. The van der Waals surface area contributed by atoms with Crippen molar-refractivity contribution in [2.75, 3.05) is 4.72 Å². The van der Waals surface area contributed by atoms with Gasteiger partial charge in [0.15, 0.2) is 5.13 Å². The molecule has 0 aliphatic rings. The van der Waals surface area contributed by atoms with Gasteiger partial charge in [-0.05, 0) is 22.0 Å². The van der Waals surface area contributed by atoms with Gasteiger partial charge in [0.2, 0.25) is 0 Å². The number of hydrogen-bond acceptors (Lipinski definition) is 5. The Morgan fingerprint density at radius 3 is 2.65 bits per heavy atom. The molecule has 9 heteroatoms. The zero-order valence-corrected chi connectivity index (χ0v) is 15.4. The standard InChI is InChI=1S/C14H9BrClN3O2S2/c15-11-6-10(7-17-13(11)16)23(20,21)19-14-18-12(8-22-14)9-4-2-1-3-5-9/h1-8H,(H,18,19). The average Bonchev–Trinajstić information content (AvgIpc) is 2.98. The van der Waals surface area contributed by atoms with Crippen LogP contribution in [0.4, 0.5) is 5.13 Å². The van der Waals surface area contributed by atoms with Crippen LogP contribution in [-0.4, -0.2) is 18.4 Å². The summed E-state index contributed by atoms with van der Waals surface area (Å²) in [4.78, 5) is 8.13. The molecule has 0 amide bonds. The molecular weight excluding hydrogens is 422 g/mol. The molecule has 0 saturated heterocycles. The Kier molecular flexibility index (Phi) is 4.67. The van der Waals surface area contributed by atoms with Crippen LogP contribution in [0.25, 0.3) is 11.3 Å². The Labute approximate surface area is 150 Å². The van der Waals surface area contributed by atoms with Gasteiger partial charge >= 0.3 is 0 Å². The topological polar surface area (TPSA) is 72.0 Å². The molecule has 0 saturated carbocycles. The number of nitrogens with zero attached hydrogens (tertiary/aromatic N) is 2. The fourth-order valence-electron chi connectivity index (χ4n) is 1.79. The van der Waals surface area contributed by atoms with Gasteiger partial charge in [0.05, 0.1) is 10.2 Å². The molecule has 0 bridgehead atoms. The van der Waals surface area contributed by atoms with E-state index < -0.39 is 10.0 Å². The van der Waals surface area contributed by atoms with Crippen molar-refractivity contribution in [3.63, 3.8) is 0 Å². The highest BCUT2D eigenvalue weighted by Gasteiger charge is 2.18. The first-order valence-corrected chi connectivity index (χ1v) is 9.84. The van der Waals surface area contributed by atoms with Gasteiger partial charge in [-0.2, -0.15) is 0 Å². The predicted molar refractivity (Wildman–Crippen MR) is 95.3 cm³/mol. The van der Waals surface area contributed by atoms with Crippen molar-refractivity contribution in [3.8, 4) is 11.3 Å². The highest BCUT2D eigenvalue weighted by molar-refractivity contribution is 9.10. The highest BCUT2D eigenvalue weighted by atomic mass is 79.9. The Balaban J connectivity index is 1.86. The maximum Gasteiger partial charge on any atom is 0.265 e. The number of aromatic nitrogens is 2. The van der Waals surface area contributed by atoms with E-state index in [1.165, 1.54) is 23.6 Å². The van der Waals surface area contributed by atoms with Crippen LogP contribution in [0, 0.1) is 0 Å². The van der Waals surface area contributed by atoms with Crippen LogP contribution >= 0.6 is 38.9 Å². The Hall–Kier alpha value is -1.48. The van der Waals surface area contributed by atoms with Crippen molar-refractivity contribution < 1.29 is 8.42 Å². The summed E-state index contributed by atoms with van der Waals surface area (Å²) >= 11 is 10.2. The van der Waals surface area contributed by atoms with Crippen molar-refractivity contribution in [3.05, 3.63) is 57.6 Å². The molecule has 0 aliphatic carbocycles. The quantitative estimate of drug-likeness (QED) is 0.622. The van der Waals surface area contributed by atoms with Gasteiger partial charge in [-0.1, -0.05) is 41.9 Å². The fourth-order valence-corrected chi connectivity index (χ4v) is 4.33. The van der Waals surface area contributed by atoms with Crippen LogP contribution in [0.5, 0.6) is 0 Å². The smallest absolute Gasteiger partial charge is 0.255 e. The van der Waals surface area contributed by atoms with E-state index in [-0.39, 0.29) is 15.2 Å². The molecule has 1 aromatic carbocycles. The molecule has 0 atom stereocenters. The third-order valence-electron chi connectivity index (χ3n) is 2.88. The Morgan fingerprint density at radius 2 is 1.96 bits per heavy atom. The number of rotatable bonds is 4. The number of nitrogens with one attached hydrogen (secondary N) is 1. The van der Waals surface area contributed by atoms with E-state index in [1.54, 1.807) is 5.38 Å². The van der Waals surface area contributed by atoms with Gasteiger partial charge < -0.3 is 0 Å². The summed E-state index contributed by atoms with van der Waals surface area (Å²) in [5.74, 6) is 0. The molecule has 23 heavy (non-hydrogen) atoms. The Bertz CT molecular complexity index is 946. The van der Waals surface area contributed by atoms with E-state index in [4.69, 9.17) is 11.6 Å². The second-order valence-electron chi connectivity index (χ2n) is 4.45. The largest absolute Gasteiger partial charge is 0.265 e. The molecule has 5 nitrogen and oxygen atoms in total. The molecule has 0 spiro atoms. The van der Waals surface area contributed by atoms with E-state index in [1.807, 2.05) is 30.3 Å². The lowest BCUT2D eigenvalue weighted by atomic mass is 10.2. The van der Waals surface area contributed by atoms with Crippen molar-refractivity contribution in [1.29, 1.82) is 0 Å². The summed E-state index contributed by atoms with van der Waals surface area (Å²) in [5.41, 5.74) is 1.63. The monoisotopic (exact) mass is 429 g/mol. The van der Waals surface area contributed by atoms with E-state index in [2.05, 4.69) is 30.6 Å². The SMILES string of the molecule is O=S(=O)(Nc1nc(-c2ccccc2)cs1)c1cnc(Cl)c(Br)c1. The minimum atomic E-state index is -3.77. The van der Waals surface area contributed by atoms with Gasteiger partial charge in [0.1, 0.15) is 10.0 Å². The van der Waals surface area contributed by atoms with Gasteiger partial charge in [0.25, 0.3) is 10.0 Å². The van der Waals surface area contributed by atoms with Crippen molar-refractivity contribution in [2.24, 2.45) is 0 Å². The molecule has 0 unspecified atom stereocenters. The number of benzene rings is 1. The summed E-state index contributed by atoms with van der Waals surface area (Å²) in [7, 11) is -3.77. The third-order valence-corrected chi connectivity index (χ3v) is 6.20. The van der Waals surface area contributed by atoms with Crippen molar-refractivity contribution in [1.82, 2.24) is 9.97 Å². The van der Waals surface area contributed by atoms with Crippen LogP contribution < -0.4 is 4.72 Å². The lowest BCUT2D eigenvalue weighted by Gasteiger charge is -2.05. The first-order valence-electron chi connectivity index (χ1n) is 6.30. The second-order valence-corrected chi connectivity index (χ2v) is 8.21. The van der Waals surface area contributed by atoms with Gasteiger partial charge in [-0.3, -0.25) is 4.72 Å². The van der Waals surface area contributed by atoms with E-state index in [0.29, 0.717) is 10.2 Å². The second kappa shape index (κ2) is 6.56. The van der Waals surface area contributed by atoms with Crippen LogP contribution in [-0.2, 0) is 10.0 Å². The molecule has 2 heterocycles. The van der Waals surface area contributed by atoms with Crippen LogP contribution in [0.1, 0.15) is 0 Å². The average molecular weight is 431 g/mol. The normalized spacial score (nSPS) is 11.4. The molecule has 2 aromatic heterocycles. The zero-order valence-electron chi connectivity index (χ0n) is 11.4. The third kappa shape index (κ3) is 3.72. The van der Waals surface area contributed by atoms with Crippen molar-refractivity contribution in [2.45, 2.75) is 4.90 Å². The minimum absolute atomic E-state index is 0.00485. The van der Waals surface area contributed by atoms with E-state index in [9.17, 15) is 8.42 Å². The van der Waals surface area contributed by atoms with Gasteiger partial charge in [-0.15, -0.1) is 11.3 Å². The van der Waals surface area contributed by atoms with Crippen molar-refractivity contribution >= 4 is 54.0 Å². The maximum absolute atomic E-state index is 12.4. The summed E-state index contributed by atoms with van der Waals surface area (Å²) < 4.78 is 27.6. The number of hydrogen-bond donors (Lipinski definition) is 1. The number of pyridine rings is 1. The van der Waals surface area contributed by atoms with Gasteiger partial charge in [-0.25, -0.2) is 18.4 Å². The maximum atomic E-state index is 12.4. The first kappa shape index (κ1) is 16.4. The lowest BCUT2D eigenvalue weighted by molar-refractivity contribution is 0.600. The van der Waals surface area contributed by atoms with Crippen LogP contribution in [0.3, 0.4) is 0 Å². The zero-order chi connectivity index (χ0) is 16.4. The minimum Gasteiger partial charge on any atom is -0.255 e. The van der Waals surface area contributed by atoms with E-state index in [0.717, 1.165) is 5.56 Å². The molecular formula is C14H9BrClN3O2S2. The number of sulfonamides is 1. The fraction of sp³-hybridized carbons (Fsp3) is 0. The number of anilines is 1. The molecule has 3 rings (SSSR count). The van der Waals surface area contributed by atoms with Crippen LogP contribution in [0.2, 0.25) is 5.15 Å². The molecule has 1 N–H and O–H groups in total. The highest BCUT2D eigenvalue weighted by Crippen LogP contribution is 2.28. The summed E-state index contributed by atoms with van der Waals surface area (Å²) in [6.45, 7) is 0. The van der Waals surface area contributed by atoms with Gasteiger partial charge in [0, 0.05) is 17.1 Å². The molecule has 0 fully saturated rings. The molecule has 3 aromatic rings. The lowest BCUT2D eigenvalue weighted by Crippen LogP contribution is -2.13. The molecule has 118 valence electrons. The molecule has 0 aliphatic heterocycles. The van der Waals surface area contributed by atoms with Crippen LogP contribution in [0.15, 0.2) is 57.3 Å². The predicted octanol–water partition coefficient (Wildman–Crippen LogP) is 4.42. The van der Waals surface area contributed by atoms with E-state index >= 15 is 0 Å². The summed E-state index contributed by atoms with van der Waals surface area (Å²) in [5, 5.41) is 2.28. The summed E-state index contributed by atoms with van der Waals surface area (Å²) in [6.07, 6.45) is 1.20. The summed E-state index contributed by atoms with van der Waals surface area (Å²) in [6, 6.07) is 10.9. The Morgan fingerprint density at radius 1 is 1.22 bits per heavy atom. The molecule has 0 radical (unpaired) electrons.